The molecule has 0 aliphatic heterocycles. The van der Waals surface area contributed by atoms with Gasteiger partial charge in [0.15, 0.2) is 17.4 Å². The molecule has 0 unspecified atom stereocenters. The van der Waals surface area contributed by atoms with Gasteiger partial charge in [0.1, 0.15) is 4.88 Å². The van der Waals surface area contributed by atoms with E-state index in [-0.39, 0.29) is 50.2 Å². The number of aliphatic hydroxyl groups is 1. The number of thiophene rings is 2. The van der Waals surface area contributed by atoms with Crippen LogP contribution in [0.4, 0.5) is 0 Å². The molecule has 0 aliphatic rings. The average molecular weight is 724 g/mol. The van der Waals surface area contributed by atoms with Crippen molar-refractivity contribution in [3.8, 4) is 0 Å². The summed E-state index contributed by atoms with van der Waals surface area (Å²) in [4.78, 5) is 13.2. The van der Waals surface area contributed by atoms with E-state index in [2.05, 4.69) is 69.8 Å². The van der Waals surface area contributed by atoms with Crippen molar-refractivity contribution in [2.75, 3.05) is 6.61 Å². The zero-order chi connectivity index (χ0) is 21.1. The van der Waals surface area contributed by atoms with Gasteiger partial charge in [-0.2, -0.15) is 0 Å². The maximum absolute atomic E-state index is 11.6. The fraction of sp³-hybridized carbons (Fsp3) is 0.150. The summed E-state index contributed by atoms with van der Waals surface area (Å²) in [6, 6.07) is 11.9. The van der Waals surface area contributed by atoms with Crippen molar-refractivity contribution in [3.63, 3.8) is 0 Å². The molecule has 0 saturated carbocycles. The van der Waals surface area contributed by atoms with Gasteiger partial charge < -0.3 is 11.3 Å². The van der Waals surface area contributed by atoms with Crippen molar-refractivity contribution in [2.45, 2.75) is 13.5 Å². The molecule has 2 aromatic heterocycles. The molecule has 0 fully saturated rings. The van der Waals surface area contributed by atoms with Crippen molar-refractivity contribution >= 4 is 130 Å². The van der Waals surface area contributed by atoms with Crippen molar-refractivity contribution in [1.29, 1.82) is 0 Å². The van der Waals surface area contributed by atoms with Gasteiger partial charge in [0.2, 0.25) is 0 Å². The van der Waals surface area contributed by atoms with Crippen LogP contribution in [0.5, 0.6) is 0 Å². The van der Waals surface area contributed by atoms with E-state index in [0.29, 0.717) is 11.5 Å². The molecule has 2 aromatic carbocycles. The summed E-state index contributed by atoms with van der Waals surface area (Å²) in [5.41, 5.74) is 0. The minimum absolute atomic E-state index is 0. The molecule has 1 N–H and O–H groups in total. The van der Waals surface area contributed by atoms with E-state index >= 15 is 0 Å². The van der Waals surface area contributed by atoms with Crippen LogP contribution >= 0.6 is 86.4 Å². The number of halogens is 4. The van der Waals surface area contributed by atoms with Gasteiger partial charge in [-0.3, -0.25) is 0 Å². The maximum atomic E-state index is 11.6. The monoisotopic (exact) mass is 720 g/mol. The molecule has 31 heavy (non-hydrogen) atoms. The number of carbonyl (C=O) groups excluding carboxylic acids is 1. The maximum Gasteiger partial charge on any atom is 1.00 e. The Bertz CT molecular complexity index is 1200. The number of ether oxygens (including phenoxy) is 1. The average Bonchev–Trinajstić information content (AvgIpc) is 3.26. The molecule has 11 heteroatoms. The molecule has 0 radical (unpaired) electrons. The predicted octanol–water partition coefficient (Wildman–Crippen LogP) is 4.45. The Morgan fingerprint density at radius 2 is 1.45 bits per heavy atom. The Balaban J connectivity index is 0.000000558. The molecule has 4 rings (SSSR count). The van der Waals surface area contributed by atoms with E-state index in [1.165, 1.54) is 16.0 Å². The standard InChI is InChI=1S/C11H8Br2O2S.C9H6Br2OS.Al.Li.4H/c1-2-15-11(14)9-4-6-3-7(12)5-8(13)10(6)16-9;10-6-1-5-2-7(4-12)13-9(5)8(11)3-6;;;;;;/h3-5H,2H2,1H3;1-3,12H,4H2;;;;;;/q;;;+1;;;;-1. The Morgan fingerprint density at radius 1 is 0.935 bits per heavy atom. The first-order valence-corrected chi connectivity index (χ1v) is 13.2. The number of esters is 1. The smallest absolute Gasteiger partial charge is 1.00 e. The first-order valence-electron chi connectivity index (χ1n) is 8.36. The van der Waals surface area contributed by atoms with E-state index in [1.807, 2.05) is 30.3 Å². The Hall–Kier alpha value is 0.840. The van der Waals surface area contributed by atoms with Crippen LogP contribution in [0.25, 0.3) is 20.2 Å². The second-order valence-electron chi connectivity index (χ2n) is 5.81. The van der Waals surface area contributed by atoms with Gasteiger partial charge >= 0.3 is 24.8 Å². The summed E-state index contributed by atoms with van der Waals surface area (Å²) < 4.78 is 11.3. The van der Waals surface area contributed by atoms with Gasteiger partial charge in [0, 0.05) is 32.2 Å². The van der Waals surface area contributed by atoms with Gasteiger partial charge in [-0.15, -0.1) is 22.7 Å². The number of benzene rings is 2. The minimum atomic E-state index is -0.258. The number of hydrogen-bond acceptors (Lipinski definition) is 5. The van der Waals surface area contributed by atoms with Crippen molar-refractivity contribution in [3.05, 3.63) is 64.0 Å². The van der Waals surface area contributed by atoms with Crippen LogP contribution in [0.1, 0.15) is 22.9 Å². The van der Waals surface area contributed by atoms with Gasteiger partial charge in [0.25, 0.3) is 0 Å². The molecule has 3 nitrogen and oxygen atoms in total. The van der Waals surface area contributed by atoms with E-state index in [0.717, 1.165) is 38.2 Å². The number of aliphatic hydroxyl groups excluding tert-OH is 1. The van der Waals surface area contributed by atoms with Gasteiger partial charge in [0.05, 0.1) is 13.2 Å². The molecule has 0 spiro atoms. The summed E-state index contributed by atoms with van der Waals surface area (Å²) >= 11 is 16.9. The first kappa shape index (κ1) is 29.9. The van der Waals surface area contributed by atoms with Crippen LogP contribution < -0.4 is 18.9 Å². The summed E-state index contributed by atoms with van der Waals surface area (Å²) in [5.74, 6) is -0.258. The Morgan fingerprint density at radius 3 is 1.97 bits per heavy atom. The number of hydrogen-bond donors (Lipinski definition) is 1. The first-order chi connectivity index (χ1) is 13.8. The molecule has 0 bridgehead atoms. The minimum Gasteiger partial charge on any atom is -1.00 e. The van der Waals surface area contributed by atoms with Gasteiger partial charge in [-0.1, -0.05) is 31.9 Å². The molecular formula is C20H18AlBr4LiO3S2. The third-order valence-electron chi connectivity index (χ3n) is 3.75. The predicted molar refractivity (Wildman–Crippen MR) is 147 cm³/mol. The molecular weight excluding hydrogens is 706 g/mol. The van der Waals surface area contributed by atoms with E-state index in [4.69, 9.17) is 9.84 Å². The van der Waals surface area contributed by atoms with E-state index < -0.39 is 0 Å². The van der Waals surface area contributed by atoms with Crippen LogP contribution in [0.15, 0.2) is 54.3 Å². The van der Waals surface area contributed by atoms with Crippen molar-refractivity contribution in [2.24, 2.45) is 0 Å². The fourth-order valence-corrected chi connectivity index (χ4v) is 7.43. The zero-order valence-corrected chi connectivity index (χ0v) is 23.9. The molecule has 0 aliphatic carbocycles. The number of carbonyl (C=O) groups is 1. The van der Waals surface area contributed by atoms with Crippen LogP contribution in [-0.2, 0) is 11.3 Å². The van der Waals surface area contributed by atoms with Crippen LogP contribution in [0.2, 0.25) is 0 Å². The summed E-state index contributed by atoms with van der Waals surface area (Å²) in [6.45, 7) is 2.32. The largest absolute Gasteiger partial charge is 1.00 e. The second kappa shape index (κ2) is 13.7. The van der Waals surface area contributed by atoms with Crippen molar-refractivity contribution < 1.29 is 34.9 Å². The quantitative estimate of drug-likeness (QED) is 0.251. The molecule has 0 saturated heterocycles. The van der Waals surface area contributed by atoms with E-state index in [1.54, 1.807) is 18.3 Å². The number of fused-ring (bicyclic) bond motifs is 2. The zero-order valence-electron chi connectivity index (χ0n) is 17.0. The van der Waals surface area contributed by atoms with Crippen molar-refractivity contribution in [1.82, 2.24) is 0 Å². The molecule has 0 atom stereocenters. The summed E-state index contributed by atoms with van der Waals surface area (Å²) in [5, 5.41) is 11.2. The fourth-order valence-electron chi connectivity index (χ4n) is 2.59. The second-order valence-corrected chi connectivity index (χ2v) is 11.5. The van der Waals surface area contributed by atoms with Gasteiger partial charge in [-0.05, 0) is 86.0 Å². The van der Waals surface area contributed by atoms with E-state index in [9.17, 15) is 4.79 Å². The van der Waals surface area contributed by atoms with Crippen LogP contribution in [0, 0.1) is 0 Å². The SMILES string of the molecule is CCOC(=O)c1cc2cc(Br)cc(Br)c2s1.OCc1cc2cc(Br)cc(Br)c2s1.[AlH3].[H-].[Li+]. The summed E-state index contributed by atoms with van der Waals surface area (Å²) in [6.07, 6.45) is 0. The Kier molecular flexibility index (Phi) is 13.2. The topological polar surface area (TPSA) is 46.5 Å². The van der Waals surface area contributed by atoms with Gasteiger partial charge in [-0.25, -0.2) is 4.79 Å². The third-order valence-corrected chi connectivity index (χ3v) is 8.78. The number of rotatable bonds is 3. The molecule has 0 amide bonds. The Labute approximate surface area is 246 Å². The normalized spacial score (nSPS) is 10.1. The van der Waals surface area contributed by atoms with Crippen LogP contribution in [-0.4, -0.2) is 35.0 Å². The third kappa shape index (κ3) is 7.67. The molecule has 2 heterocycles. The molecule has 4 aromatic rings. The van der Waals surface area contributed by atoms with Crippen LogP contribution in [0.3, 0.4) is 0 Å². The summed E-state index contributed by atoms with van der Waals surface area (Å²) in [7, 11) is 0. The molecule has 160 valence electrons.